The zero-order chi connectivity index (χ0) is 21.0. The summed E-state index contributed by atoms with van der Waals surface area (Å²) >= 11 is 6.18. The van der Waals surface area contributed by atoms with Crippen LogP contribution in [-0.4, -0.2) is 41.5 Å². The van der Waals surface area contributed by atoms with Crippen LogP contribution in [0.1, 0.15) is 12.5 Å². The SMILES string of the molecule is COCCC(C(=O)O)n1cc(OC)c(-c2cc(Cl)ccc2-c2cocn2)cc1=O. The van der Waals surface area contributed by atoms with E-state index in [-0.39, 0.29) is 13.0 Å². The minimum Gasteiger partial charge on any atom is -0.495 e. The van der Waals surface area contributed by atoms with Crippen molar-refractivity contribution in [3.05, 3.63) is 58.5 Å². The summed E-state index contributed by atoms with van der Waals surface area (Å²) in [5.41, 5.74) is 1.83. The number of carboxylic acids is 1. The van der Waals surface area contributed by atoms with Gasteiger partial charge >= 0.3 is 5.97 Å². The van der Waals surface area contributed by atoms with Gasteiger partial charge in [-0.25, -0.2) is 9.78 Å². The summed E-state index contributed by atoms with van der Waals surface area (Å²) in [5.74, 6) is -0.815. The largest absolute Gasteiger partial charge is 0.495 e. The third-order valence-corrected chi connectivity index (χ3v) is 4.70. The average molecular weight is 419 g/mol. The molecule has 0 amide bonds. The number of methoxy groups -OCH3 is 2. The maximum atomic E-state index is 12.8. The number of pyridine rings is 1. The van der Waals surface area contributed by atoms with Crippen LogP contribution < -0.4 is 10.3 Å². The van der Waals surface area contributed by atoms with E-state index in [4.69, 9.17) is 25.5 Å². The monoisotopic (exact) mass is 418 g/mol. The molecule has 2 aromatic heterocycles. The average Bonchev–Trinajstić information content (AvgIpc) is 3.23. The Bertz CT molecular complexity index is 1060. The van der Waals surface area contributed by atoms with Crippen LogP contribution in [0.2, 0.25) is 5.02 Å². The first-order valence-corrected chi connectivity index (χ1v) is 9.04. The highest BCUT2D eigenvalue weighted by molar-refractivity contribution is 6.31. The highest BCUT2D eigenvalue weighted by atomic mass is 35.5. The Morgan fingerprint density at radius 2 is 2.07 bits per heavy atom. The summed E-state index contributed by atoms with van der Waals surface area (Å²) < 4.78 is 16.6. The Morgan fingerprint density at radius 3 is 2.69 bits per heavy atom. The van der Waals surface area contributed by atoms with Crippen molar-refractivity contribution in [2.45, 2.75) is 12.5 Å². The van der Waals surface area contributed by atoms with Crippen molar-refractivity contribution >= 4 is 17.6 Å². The number of oxazole rings is 1. The van der Waals surface area contributed by atoms with Gasteiger partial charge in [-0.15, -0.1) is 0 Å². The van der Waals surface area contributed by atoms with Gasteiger partial charge in [-0.05, 0) is 17.7 Å². The van der Waals surface area contributed by atoms with Crippen LogP contribution in [0.15, 0.2) is 52.3 Å². The molecule has 2 heterocycles. The maximum Gasteiger partial charge on any atom is 0.326 e. The molecule has 0 saturated heterocycles. The van der Waals surface area contributed by atoms with Gasteiger partial charge in [0, 0.05) is 42.4 Å². The summed E-state index contributed by atoms with van der Waals surface area (Å²) in [6.45, 7) is 0.193. The number of benzene rings is 1. The highest BCUT2D eigenvalue weighted by Gasteiger charge is 2.23. The predicted octanol–water partition coefficient (Wildman–Crippen LogP) is 3.49. The lowest BCUT2D eigenvalue weighted by molar-refractivity contribution is -0.141. The number of aliphatic carboxylic acids is 1. The molecule has 0 aliphatic carbocycles. The van der Waals surface area contributed by atoms with Crippen LogP contribution in [0.5, 0.6) is 5.75 Å². The summed E-state index contributed by atoms with van der Waals surface area (Å²) in [5, 5.41) is 10.0. The number of nitrogens with zero attached hydrogens (tertiary/aromatic N) is 2. The van der Waals surface area contributed by atoms with Gasteiger partial charge in [0.25, 0.3) is 5.56 Å². The summed E-state index contributed by atoms with van der Waals surface area (Å²) in [4.78, 5) is 28.6. The Labute approximate surface area is 171 Å². The molecule has 1 aromatic carbocycles. The molecular formula is C20H19ClN2O6. The number of ether oxygens (including phenoxy) is 2. The fourth-order valence-electron chi connectivity index (χ4n) is 3.06. The number of halogens is 1. The molecule has 0 spiro atoms. The van der Waals surface area contributed by atoms with E-state index in [1.54, 1.807) is 18.2 Å². The molecule has 3 aromatic rings. The second-order valence-electron chi connectivity index (χ2n) is 6.20. The second-order valence-corrected chi connectivity index (χ2v) is 6.64. The first kappa shape index (κ1) is 20.6. The molecule has 0 radical (unpaired) electrons. The molecule has 3 rings (SSSR count). The van der Waals surface area contributed by atoms with Crippen LogP contribution in [-0.2, 0) is 9.53 Å². The summed E-state index contributed by atoms with van der Waals surface area (Å²) in [6.07, 6.45) is 4.30. The van der Waals surface area contributed by atoms with Gasteiger partial charge in [-0.2, -0.15) is 0 Å². The molecule has 0 fully saturated rings. The van der Waals surface area contributed by atoms with Crippen molar-refractivity contribution in [2.75, 3.05) is 20.8 Å². The first-order chi connectivity index (χ1) is 14.0. The standard InChI is InChI=1S/C20H19ClN2O6/c1-27-6-5-17(20(25)26)23-9-18(28-2)15(8-19(23)24)14-7-12(21)3-4-13(14)16-10-29-11-22-16/h3-4,7-11,17H,5-6H2,1-2H3,(H,25,26). The summed E-state index contributed by atoms with van der Waals surface area (Å²) in [7, 11) is 2.91. The van der Waals surface area contributed by atoms with Crippen molar-refractivity contribution < 1.29 is 23.8 Å². The molecule has 1 N–H and O–H groups in total. The number of carbonyl (C=O) groups is 1. The maximum absolute atomic E-state index is 12.8. The first-order valence-electron chi connectivity index (χ1n) is 8.66. The van der Waals surface area contributed by atoms with Crippen LogP contribution >= 0.6 is 11.6 Å². The van der Waals surface area contributed by atoms with E-state index in [9.17, 15) is 14.7 Å². The molecule has 9 heteroatoms. The Balaban J connectivity index is 2.18. The second kappa shape index (κ2) is 8.93. The molecule has 0 saturated carbocycles. The lowest BCUT2D eigenvalue weighted by Crippen LogP contribution is -2.30. The van der Waals surface area contributed by atoms with Gasteiger partial charge < -0.3 is 19.0 Å². The van der Waals surface area contributed by atoms with Crippen molar-refractivity contribution in [3.63, 3.8) is 0 Å². The zero-order valence-corrected chi connectivity index (χ0v) is 16.5. The van der Waals surface area contributed by atoms with E-state index in [1.165, 1.54) is 39.1 Å². The summed E-state index contributed by atoms with van der Waals surface area (Å²) in [6, 6.07) is 5.40. The van der Waals surface area contributed by atoms with Gasteiger partial charge in [0.15, 0.2) is 6.39 Å². The van der Waals surface area contributed by atoms with Gasteiger partial charge in [0.1, 0.15) is 23.7 Å². The van der Waals surface area contributed by atoms with Gasteiger partial charge in [0.2, 0.25) is 0 Å². The van der Waals surface area contributed by atoms with E-state index in [0.29, 0.717) is 33.2 Å². The smallest absolute Gasteiger partial charge is 0.326 e. The topological polar surface area (TPSA) is 104 Å². The number of aromatic nitrogens is 2. The quantitative estimate of drug-likeness (QED) is 0.597. The fraction of sp³-hybridized carbons (Fsp3) is 0.250. The van der Waals surface area contributed by atoms with Gasteiger partial charge in [0.05, 0.1) is 13.3 Å². The molecule has 0 aliphatic rings. The van der Waals surface area contributed by atoms with Crippen molar-refractivity contribution in [2.24, 2.45) is 0 Å². The van der Waals surface area contributed by atoms with Crippen LogP contribution in [0, 0.1) is 0 Å². The van der Waals surface area contributed by atoms with Gasteiger partial charge in [-0.3, -0.25) is 9.36 Å². The predicted molar refractivity (Wildman–Crippen MR) is 106 cm³/mol. The van der Waals surface area contributed by atoms with E-state index in [0.717, 1.165) is 4.57 Å². The third-order valence-electron chi connectivity index (χ3n) is 4.46. The van der Waals surface area contributed by atoms with Crippen molar-refractivity contribution in [1.29, 1.82) is 0 Å². The molecule has 0 aliphatic heterocycles. The zero-order valence-electron chi connectivity index (χ0n) is 15.8. The fourth-order valence-corrected chi connectivity index (χ4v) is 3.24. The molecule has 152 valence electrons. The Hall–Kier alpha value is -3.10. The highest BCUT2D eigenvalue weighted by Crippen LogP contribution is 2.37. The van der Waals surface area contributed by atoms with E-state index >= 15 is 0 Å². The Kier molecular flexibility index (Phi) is 6.36. The molecule has 1 atom stereocenters. The van der Waals surface area contributed by atoms with E-state index < -0.39 is 17.6 Å². The van der Waals surface area contributed by atoms with Crippen LogP contribution in [0.25, 0.3) is 22.4 Å². The van der Waals surface area contributed by atoms with Gasteiger partial charge in [-0.1, -0.05) is 17.7 Å². The van der Waals surface area contributed by atoms with Crippen molar-refractivity contribution in [3.8, 4) is 28.1 Å². The third kappa shape index (κ3) is 4.33. The molecular weight excluding hydrogens is 400 g/mol. The van der Waals surface area contributed by atoms with E-state index in [2.05, 4.69) is 4.98 Å². The normalized spacial score (nSPS) is 12.0. The van der Waals surface area contributed by atoms with Crippen LogP contribution in [0.4, 0.5) is 0 Å². The Morgan fingerprint density at radius 1 is 1.28 bits per heavy atom. The molecule has 1 unspecified atom stereocenters. The molecule has 8 nitrogen and oxygen atoms in total. The minimum atomic E-state index is -1.13. The lowest BCUT2D eigenvalue weighted by atomic mass is 9.98. The minimum absolute atomic E-state index is 0.135. The number of carboxylic acid groups (broad SMARTS) is 1. The van der Waals surface area contributed by atoms with E-state index in [1.807, 2.05) is 0 Å². The van der Waals surface area contributed by atoms with Crippen molar-refractivity contribution in [1.82, 2.24) is 9.55 Å². The number of hydrogen-bond acceptors (Lipinski definition) is 6. The molecule has 0 bridgehead atoms. The lowest BCUT2D eigenvalue weighted by Gasteiger charge is -2.19. The molecule has 29 heavy (non-hydrogen) atoms. The number of hydrogen-bond donors (Lipinski definition) is 1. The number of rotatable bonds is 8. The van der Waals surface area contributed by atoms with Crippen LogP contribution in [0.3, 0.4) is 0 Å².